The molecule has 0 saturated heterocycles. The van der Waals surface area contributed by atoms with Gasteiger partial charge in [0.25, 0.3) is 0 Å². The van der Waals surface area contributed by atoms with Crippen LogP contribution < -0.4 is 4.74 Å². The van der Waals surface area contributed by atoms with Crippen LogP contribution in [0.2, 0.25) is 0 Å². The molecule has 1 aromatic rings. The summed E-state index contributed by atoms with van der Waals surface area (Å²) in [6.45, 7) is 24.5. The first-order chi connectivity index (χ1) is 12.3. The highest BCUT2D eigenvalue weighted by Gasteiger charge is 2.35. The van der Waals surface area contributed by atoms with Gasteiger partial charge in [-0.15, -0.1) is 0 Å². The molecule has 0 saturated carbocycles. The van der Waals surface area contributed by atoms with Crippen LogP contribution in [-0.4, -0.2) is 12.2 Å². The topological polar surface area (TPSA) is 18.5 Å². The average Bonchev–Trinajstić information content (AvgIpc) is 2.56. The second kappa shape index (κ2) is 9.17. The van der Waals surface area contributed by atoms with E-state index in [-0.39, 0.29) is 11.0 Å². The van der Waals surface area contributed by atoms with E-state index in [4.69, 9.17) is 9.47 Å². The molecule has 0 spiro atoms. The van der Waals surface area contributed by atoms with E-state index in [9.17, 15) is 0 Å². The predicted molar refractivity (Wildman–Crippen MR) is 117 cm³/mol. The Morgan fingerprint density at radius 3 is 2.07 bits per heavy atom. The largest absolute Gasteiger partial charge is 0.489 e. The first kappa shape index (κ1) is 23.6. The van der Waals surface area contributed by atoms with Crippen LogP contribution in [0.15, 0.2) is 36.6 Å². The van der Waals surface area contributed by atoms with E-state index in [0.717, 1.165) is 18.6 Å². The summed E-state index contributed by atoms with van der Waals surface area (Å²) in [5.74, 6) is 2.05. The normalized spacial score (nSPS) is 14.0. The lowest BCUT2D eigenvalue weighted by molar-refractivity contribution is 0.0371. The lowest BCUT2D eigenvalue weighted by Gasteiger charge is -2.39. The van der Waals surface area contributed by atoms with Gasteiger partial charge in [-0.1, -0.05) is 79.2 Å². The molecule has 1 aromatic carbocycles. The van der Waals surface area contributed by atoms with E-state index in [0.29, 0.717) is 23.7 Å². The molecule has 2 heteroatoms. The Morgan fingerprint density at radius 2 is 1.56 bits per heavy atom. The zero-order chi connectivity index (χ0) is 20.9. The minimum Gasteiger partial charge on any atom is -0.489 e. The fourth-order valence-corrected chi connectivity index (χ4v) is 3.27. The van der Waals surface area contributed by atoms with Gasteiger partial charge in [0, 0.05) is 0 Å². The highest BCUT2D eigenvalue weighted by atomic mass is 16.5. The molecular formula is C25H42O2. The molecule has 0 amide bonds. The van der Waals surface area contributed by atoms with Crippen molar-refractivity contribution in [3.8, 4) is 5.75 Å². The Labute approximate surface area is 168 Å². The average molecular weight is 375 g/mol. The molecule has 0 fully saturated rings. The zero-order valence-electron chi connectivity index (χ0n) is 19.2. The molecule has 0 N–H and O–H groups in total. The molecule has 0 aromatic heterocycles. The van der Waals surface area contributed by atoms with Crippen LogP contribution >= 0.6 is 0 Å². The standard InChI is InChI=1S/C25H42O2/c1-11-24(7,8)17-21(25(9,10)12-2)20-15-13-14-16-22(20)26-18-19(3)27-23(4,5)6/h13-16,21H,3,11-12,17-18H2,1-2,4-10H3. The van der Waals surface area contributed by atoms with E-state index in [2.05, 4.69) is 66.3 Å². The molecular weight excluding hydrogens is 332 g/mol. The number of rotatable bonds is 10. The summed E-state index contributed by atoms with van der Waals surface area (Å²) in [5.41, 5.74) is 1.54. The fourth-order valence-electron chi connectivity index (χ4n) is 3.27. The molecule has 154 valence electrons. The quantitative estimate of drug-likeness (QED) is 0.390. The van der Waals surface area contributed by atoms with Gasteiger partial charge in [0.05, 0.1) is 0 Å². The van der Waals surface area contributed by atoms with Crippen LogP contribution in [0.25, 0.3) is 0 Å². The third kappa shape index (κ3) is 7.60. The molecule has 1 atom stereocenters. The maximum absolute atomic E-state index is 6.19. The molecule has 2 nitrogen and oxygen atoms in total. The second-order valence-electron chi connectivity index (χ2n) is 10.2. The molecule has 1 unspecified atom stereocenters. The summed E-state index contributed by atoms with van der Waals surface area (Å²) < 4.78 is 12.0. The lowest BCUT2D eigenvalue weighted by Crippen LogP contribution is -2.27. The Morgan fingerprint density at radius 1 is 0.963 bits per heavy atom. The van der Waals surface area contributed by atoms with Gasteiger partial charge >= 0.3 is 0 Å². The molecule has 0 heterocycles. The Hall–Kier alpha value is -1.44. The first-order valence-electron chi connectivity index (χ1n) is 10.4. The van der Waals surface area contributed by atoms with Crippen LogP contribution in [0.4, 0.5) is 0 Å². The number of hydrogen-bond donors (Lipinski definition) is 0. The molecule has 0 aliphatic carbocycles. The van der Waals surface area contributed by atoms with Crippen LogP contribution in [0.1, 0.15) is 93.1 Å². The molecule has 0 bridgehead atoms. The smallest absolute Gasteiger partial charge is 0.145 e. The third-order valence-corrected chi connectivity index (χ3v) is 5.70. The lowest BCUT2D eigenvalue weighted by atomic mass is 9.66. The summed E-state index contributed by atoms with van der Waals surface area (Å²) in [5, 5.41) is 0. The second-order valence-corrected chi connectivity index (χ2v) is 10.2. The van der Waals surface area contributed by atoms with Crippen molar-refractivity contribution in [2.45, 2.75) is 93.1 Å². The van der Waals surface area contributed by atoms with Crippen molar-refractivity contribution >= 4 is 0 Å². The first-order valence-corrected chi connectivity index (χ1v) is 10.4. The monoisotopic (exact) mass is 374 g/mol. The molecule has 0 aliphatic rings. The molecule has 0 radical (unpaired) electrons. The Kier molecular flexibility index (Phi) is 8.01. The summed E-state index contributed by atoms with van der Waals surface area (Å²) >= 11 is 0. The van der Waals surface area contributed by atoms with Crippen LogP contribution in [-0.2, 0) is 4.74 Å². The van der Waals surface area contributed by atoms with Crippen LogP contribution in [0, 0.1) is 10.8 Å². The SMILES string of the molecule is C=C(COc1ccccc1C(CC(C)(C)CC)C(C)(C)CC)OC(C)(C)C. The van der Waals surface area contributed by atoms with Crippen molar-refractivity contribution in [2.75, 3.05) is 6.61 Å². The van der Waals surface area contributed by atoms with Crippen molar-refractivity contribution in [1.82, 2.24) is 0 Å². The predicted octanol–water partition coefficient (Wildman–Crippen LogP) is 7.74. The van der Waals surface area contributed by atoms with Crippen molar-refractivity contribution < 1.29 is 9.47 Å². The van der Waals surface area contributed by atoms with Crippen molar-refractivity contribution in [2.24, 2.45) is 10.8 Å². The third-order valence-electron chi connectivity index (χ3n) is 5.70. The van der Waals surface area contributed by atoms with E-state index < -0.39 is 0 Å². The summed E-state index contributed by atoms with van der Waals surface area (Å²) in [7, 11) is 0. The highest BCUT2D eigenvalue weighted by Crippen LogP contribution is 2.48. The van der Waals surface area contributed by atoms with E-state index in [1.165, 1.54) is 12.0 Å². The van der Waals surface area contributed by atoms with Crippen molar-refractivity contribution in [1.29, 1.82) is 0 Å². The van der Waals surface area contributed by atoms with Gasteiger partial charge in [-0.25, -0.2) is 0 Å². The minimum absolute atomic E-state index is 0.199. The Balaban J connectivity index is 3.12. The van der Waals surface area contributed by atoms with E-state index in [1.807, 2.05) is 26.8 Å². The molecule has 0 aliphatic heterocycles. The zero-order valence-corrected chi connectivity index (χ0v) is 19.2. The maximum atomic E-state index is 6.19. The number of ether oxygens (including phenoxy) is 2. The van der Waals surface area contributed by atoms with Gasteiger partial charge in [0.15, 0.2) is 0 Å². The van der Waals surface area contributed by atoms with Crippen LogP contribution in [0.5, 0.6) is 5.75 Å². The van der Waals surface area contributed by atoms with Crippen molar-refractivity contribution in [3.63, 3.8) is 0 Å². The van der Waals surface area contributed by atoms with Gasteiger partial charge < -0.3 is 9.47 Å². The summed E-state index contributed by atoms with van der Waals surface area (Å²) in [4.78, 5) is 0. The van der Waals surface area contributed by atoms with Gasteiger partial charge in [-0.3, -0.25) is 0 Å². The number of benzene rings is 1. The number of para-hydroxylation sites is 1. The van der Waals surface area contributed by atoms with Crippen molar-refractivity contribution in [3.05, 3.63) is 42.2 Å². The van der Waals surface area contributed by atoms with Gasteiger partial charge in [0.2, 0.25) is 0 Å². The fraction of sp³-hybridized carbons (Fsp3) is 0.680. The van der Waals surface area contributed by atoms with E-state index >= 15 is 0 Å². The molecule has 27 heavy (non-hydrogen) atoms. The van der Waals surface area contributed by atoms with Gasteiger partial charge in [0.1, 0.15) is 23.7 Å². The number of hydrogen-bond acceptors (Lipinski definition) is 2. The highest BCUT2D eigenvalue weighted by molar-refractivity contribution is 5.38. The van der Waals surface area contributed by atoms with Gasteiger partial charge in [-0.05, 0) is 55.6 Å². The van der Waals surface area contributed by atoms with Gasteiger partial charge in [-0.2, -0.15) is 0 Å². The molecule has 1 rings (SSSR count). The maximum Gasteiger partial charge on any atom is 0.145 e. The minimum atomic E-state index is -0.252. The van der Waals surface area contributed by atoms with E-state index in [1.54, 1.807) is 0 Å². The van der Waals surface area contributed by atoms with Crippen LogP contribution in [0.3, 0.4) is 0 Å². The summed E-state index contributed by atoms with van der Waals surface area (Å²) in [6, 6.07) is 8.49. The Bertz CT molecular complexity index is 605. The summed E-state index contributed by atoms with van der Waals surface area (Å²) in [6.07, 6.45) is 3.44.